The summed E-state index contributed by atoms with van der Waals surface area (Å²) in [7, 11) is 0. The SMILES string of the molecule is O=C(N[C@@H](Cc1ccc(OCc2ccccc2)cc1)C(=O)O)c1ccc(OCc2ccccc2)cc1. The van der Waals surface area contributed by atoms with Crippen LogP contribution in [-0.2, 0) is 24.4 Å². The van der Waals surface area contributed by atoms with Crippen LogP contribution >= 0.6 is 0 Å². The van der Waals surface area contributed by atoms with Crippen LogP contribution in [0, 0.1) is 0 Å². The van der Waals surface area contributed by atoms with Crippen LogP contribution in [0.4, 0.5) is 0 Å². The summed E-state index contributed by atoms with van der Waals surface area (Å²) in [5.41, 5.74) is 3.24. The number of hydrogen-bond donors (Lipinski definition) is 2. The summed E-state index contributed by atoms with van der Waals surface area (Å²) >= 11 is 0. The van der Waals surface area contributed by atoms with Crippen LogP contribution in [0.3, 0.4) is 0 Å². The number of aliphatic carboxylic acids is 1. The molecule has 0 aliphatic rings. The van der Waals surface area contributed by atoms with Gasteiger partial charge in [0.15, 0.2) is 0 Å². The van der Waals surface area contributed by atoms with E-state index in [2.05, 4.69) is 5.32 Å². The smallest absolute Gasteiger partial charge is 0.326 e. The fourth-order valence-electron chi connectivity index (χ4n) is 3.58. The van der Waals surface area contributed by atoms with Gasteiger partial charge in [-0.25, -0.2) is 4.79 Å². The maximum atomic E-state index is 12.7. The minimum Gasteiger partial charge on any atom is -0.489 e. The van der Waals surface area contributed by atoms with Gasteiger partial charge < -0.3 is 19.9 Å². The number of nitrogens with one attached hydrogen (secondary N) is 1. The first kappa shape index (κ1) is 24.5. The highest BCUT2D eigenvalue weighted by molar-refractivity contribution is 5.96. The number of rotatable bonds is 11. The molecule has 4 aromatic rings. The number of carbonyl (C=O) groups is 2. The molecule has 0 spiro atoms. The van der Waals surface area contributed by atoms with Gasteiger partial charge in [-0.3, -0.25) is 4.79 Å². The lowest BCUT2D eigenvalue weighted by Gasteiger charge is -2.15. The lowest BCUT2D eigenvalue weighted by Crippen LogP contribution is -2.42. The Balaban J connectivity index is 1.30. The zero-order valence-electron chi connectivity index (χ0n) is 19.7. The third kappa shape index (κ3) is 7.21. The summed E-state index contributed by atoms with van der Waals surface area (Å²) in [5.74, 6) is -0.247. The fourth-order valence-corrected chi connectivity index (χ4v) is 3.58. The van der Waals surface area contributed by atoms with E-state index in [1.54, 1.807) is 48.5 Å². The van der Waals surface area contributed by atoms with Crippen molar-refractivity contribution in [3.05, 3.63) is 131 Å². The largest absolute Gasteiger partial charge is 0.489 e. The predicted octanol–water partition coefficient (Wildman–Crippen LogP) is 5.27. The Morgan fingerprint density at radius 2 is 1.11 bits per heavy atom. The van der Waals surface area contributed by atoms with Crippen molar-refractivity contribution < 1.29 is 24.2 Å². The zero-order chi connectivity index (χ0) is 25.2. The van der Waals surface area contributed by atoms with Crippen molar-refractivity contribution in [2.75, 3.05) is 0 Å². The predicted molar refractivity (Wildman–Crippen MR) is 137 cm³/mol. The van der Waals surface area contributed by atoms with Crippen LogP contribution in [0.15, 0.2) is 109 Å². The van der Waals surface area contributed by atoms with E-state index in [9.17, 15) is 14.7 Å². The highest BCUT2D eigenvalue weighted by Gasteiger charge is 2.21. The molecule has 6 nitrogen and oxygen atoms in total. The molecule has 0 radical (unpaired) electrons. The highest BCUT2D eigenvalue weighted by Crippen LogP contribution is 2.17. The lowest BCUT2D eigenvalue weighted by molar-refractivity contribution is -0.139. The summed E-state index contributed by atoms with van der Waals surface area (Å²) < 4.78 is 11.5. The summed E-state index contributed by atoms with van der Waals surface area (Å²) in [4.78, 5) is 24.5. The van der Waals surface area contributed by atoms with Crippen molar-refractivity contribution in [1.82, 2.24) is 5.32 Å². The van der Waals surface area contributed by atoms with Gasteiger partial charge in [0.1, 0.15) is 30.8 Å². The summed E-state index contributed by atoms with van der Waals surface area (Å²) in [6.45, 7) is 0.869. The van der Waals surface area contributed by atoms with Crippen molar-refractivity contribution in [2.45, 2.75) is 25.7 Å². The van der Waals surface area contributed by atoms with E-state index in [1.165, 1.54) is 0 Å². The maximum Gasteiger partial charge on any atom is 0.326 e. The van der Waals surface area contributed by atoms with Crippen molar-refractivity contribution in [2.24, 2.45) is 0 Å². The Bertz CT molecular complexity index is 1260. The molecule has 1 atom stereocenters. The Hall–Kier alpha value is -4.58. The van der Waals surface area contributed by atoms with Crippen LogP contribution in [0.1, 0.15) is 27.0 Å². The van der Waals surface area contributed by atoms with Crippen molar-refractivity contribution in [3.8, 4) is 11.5 Å². The molecule has 0 aromatic heterocycles. The van der Waals surface area contributed by atoms with Crippen molar-refractivity contribution >= 4 is 11.9 Å². The van der Waals surface area contributed by atoms with E-state index in [-0.39, 0.29) is 6.42 Å². The van der Waals surface area contributed by atoms with Gasteiger partial charge in [0.05, 0.1) is 0 Å². The van der Waals surface area contributed by atoms with Gasteiger partial charge in [-0.2, -0.15) is 0 Å². The number of carbonyl (C=O) groups excluding carboxylic acids is 1. The topological polar surface area (TPSA) is 84.9 Å². The Kier molecular flexibility index (Phi) is 8.33. The number of carboxylic acid groups (broad SMARTS) is 1. The molecule has 0 heterocycles. The Labute approximate surface area is 210 Å². The van der Waals surface area contributed by atoms with Gasteiger partial charge in [-0.15, -0.1) is 0 Å². The van der Waals surface area contributed by atoms with Gasteiger partial charge in [0.2, 0.25) is 0 Å². The fraction of sp³-hybridized carbons (Fsp3) is 0.133. The lowest BCUT2D eigenvalue weighted by atomic mass is 10.1. The van der Waals surface area contributed by atoms with E-state index in [4.69, 9.17) is 9.47 Å². The first-order chi connectivity index (χ1) is 17.6. The molecule has 0 aliphatic heterocycles. The molecule has 0 saturated heterocycles. The molecule has 6 heteroatoms. The molecule has 4 aromatic carbocycles. The third-order valence-corrected chi connectivity index (χ3v) is 5.58. The van der Waals surface area contributed by atoms with Gasteiger partial charge >= 0.3 is 5.97 Å². The zero-order valence-corrected chi connectivity index (χ0v) is 19.7. The van der Waals surface area contributed by atoms with Crippen LogP contribution in [0.5, 0.6) is 11.5 Å². The molecule has 4 rings (SSSR count). The average molecular weight is 482 g/mol. The monoisotopic (exact) mass is 481 g/mol. The van der Waals surface area contributed by atoms with E-state index in [0.29, 0.717) is 30.3 Å². The van der Waals surface area contributed by atoms with Crippen LogP contribution < -0.4 is 14.8 Å². The molecular formula is C30H27NO5. The standard InChI is InChI=1S/C30H27NO5/c32-29(25-13-17-27(18-14-25)36-21-24-9-5-2-6-10-24)31-28(30(33)34)19-22-11-15-26(16-12-22)35-20-23-7-3-1-4-8-23/h1-18,28H,19-21H2,(H,31,32)(H,33,34)/t28-/m0/s1. The summed E-state index contributed by atoms with van der Waals surface area (Å²) in [6.07, 6.45) is 0.151. The second-order valence-corrected chi connectivity index (χ2v) is 8.29. The molecule has 182 valence electrons. The second kappa shape index (κ2) is 12.2. The van der Waals surface area contributed by atoms with E-state index < -0.39 is 17.9 Å². The Morgan fingerprint density at radius 1 is 0.639 bits per heavy atom. The molecule has 36 heavy (non-hydrogen) atoms. The molecule has 0 unspecified atom stereocenters. The molecule has 1 amide bonds. The quantitative estimate of drug-likeness (QED) is 0.305. The van der Waals surface area contributed by atoms with Crippen molar-refractivity contribution in [1.29, 1.82) is 0 Å². The average Bonchev–Trinajstić information content (AvgIpc) is 2.92. The first-order valence-corrected chi connectivity index (χ1v) is 11.6. The molecular weight excluding hydrogens is 454 g/mol. The number of amides is 1. The molecule has 0 aliphatic carbocycles. The summed E-state index contributed by atoms with van der Waals surface area (Å²) in [6, 6.07) is 32.4. The van der Waals surface area contributed by atoms with Gasteiger partial charge in [-0.05, 0) is 53.1 Å². The summed E-state index contributed by atoms with van der Waals surface area (Å²) in [5, 5.41) is 12.3. The first-order valence-electron chi connectivity index (χ1n) is 11.6. The number of hydrogen-bond acceptors (Lipinski definition) is 4. The molecule has 0 bridgehead atoms. The normalized spacial score (nSPS) is 11.3. The van der Waals surface area contributed by atoms with Crippen LogP contribution in [0.25, 0.3) is 0 Å². The van der Waals surface area contributed by atoms with Crippen molar-refractivity contribution in [3.63, 3.8) is 0 Å². The molecule has 0 saturated carbocycles. The minimum absolute atomic E-state index is 0.151. The molecule has 0 fully saturated rings. The third-order valence-electron chi connectivity index (χ3n) is 5.58. The van der Waals surface area contributed by atoms with E-state index >= 15 is 0 Å². The van der Waals surface area contributed by atoms with Gasteiger partial charge in [-0.1, -0.05) is 72.8 Å². The number of ether oxygens (including phenoxy) is 2. The maximum absolute atomic E-state index is 12.7. The van der Waals surface area contributed by atoms with Gasteiger partial charge in [0.25, 0.3) is 5.91 Å². The minimum atomic E-state index is -1.10. The van der Waals surface area contributed by atoms with Gasteiger partial charge in [0, 0.05) is 12.0 Å². The number of benzene rings is 4. The van der Waals surface area contributed by atoms with Crippen LogP contribution in [0.2, 0.25) is 0 Å². The van der Waals surface area contributed by atoms with E-state index in [1.807, 2.05) is 60.7 Å². The molecule has 2 N–H and O–H groups in total. The Morgan fingerprint density at radius 3 is 1.58 bits per heavy atom. The highest BCUT2D eigenvalue weighted by atomic mass is 16.5. The van der Waals surface area contributed by atoms with Crippen LogP contribution in [-0.4, -0.2) is 23.0 Å². The number of carboxylic acids is 1. The second-order valence-electron chi connectivity index (χ2n) is 8.29. The van der Waals surface area contributed by atoms with E-state index in [0.717, 1.165) is 16.7 Å².